The summed E-state index contributed by atoms with van der Waals surface area (Å²) in [6.45, 7) is 7.70. The Hall–Kier alpha value is -1.75. The summed E-state index contributed by atoms with van der Waals surface area (Å²) in [5.74, 6) is -0.916. The number of nitrogen functional groups attached to an aromatic ring is 1. The predicted octanol–water partition coefficient (Wildman–Crippen LogP) is 1.75. The molecular formula is C14H23N3O2. The van der Waals surface area contributed by atoms with Crippen molar-refractivity contribution < 1.29 is 9.90 Å². The van der Waals surface area contributed by atoms with E-state index in [4.69, 9.17) is 10.8 Å². The monoisotopic (exact) mass is 265 g/mol. The van der Waals surface area contributed by atoms with Gasteiger partial charge in [0, 0.05) is 26.2 Å². The number of hydrogen-bond donors (Lipinski definition) is 2. The van der Waals surface area contributed by atoms with Crippen molar-refractivity contribution in [2.24, 2.45) is 0 Å². The molecule has 106 valence electrons. The van der Waals surface area contributed by atoms with Gasteiger partial charge >= 0.3 is 5.97 Å². The van der Waals surface area contributed by atoms with Crippen molar-refractivity contribution in [2.45, 2.75) is 13.8 Å². The number of likely N-dealkylation sites (N-methyl/N-ethyl adjacent to an activating group) is 1. The van der Waals surface area contributed by atoms with Crippen LogP contribution in [0.4, 0.5) is 11.4 Å². The third-order valence-electron chi connectivity index (χ3n) is 3.12. The number of carboxylic acids is 1. The molecule has 0 unspecified atom stereocenters. The van der Waals surface area contributed by atoms with E-state index < -0.39 is 5.97 Å². The molecule has 1 heterocycles. The van der Waals surface area contributed by atoms with Crippen molar-refractivity contribution >= 4 is 17.3 Å². The summed E-state index contributed by atoms with van der Waals surface area (Å²) in [6, 6.07) is 4.86. The zero-order chi connectivity index (χ0) is 14.4. The molecule has 1 aliphatic heterocycles. The highest BCUT2D eigenvalue weighted by molar-refractivity contribution is 5.90. The zero-order valence-electron chi connectivity index (χ0n) is 11.9. The number of hydrogen-bond acceptors (Lipinski definition) is 4. The maximum Gasteiger partial charge on any atom is 0.335 e. The van der Waals surface area contributed by atoms with Gasteiger partial charge < -0.3 is 20.6 Å². The van der Waals surface area contributed by atoms with Crippen molar-refractivity contribution in [3.8, 4) is 0 Å². The van der Waals surface area contributed by atoms with E-state index >= 15 is 0 Å². The lowest BCUT2D eigenvalue weighted by atomic mass is 10.1. The Labute approximate surface area is 114 Å². The largest absolute Gasteiger partial charge is 0.478 e. The number of carbonyl (C=O) groups is 1. The van der Waals surface area contributed by atoms with Gasteiger partial charge in [0.05, 0.1) is 16.9 Å². The molecule has 5 nitrogen and oxygen atoms in total. The fourth-order valence-corrected chi connectivity index (χ4v) is 2.00. The normalized spacial score (nSPS) is 15.6. The van der Waals surface area contributed by atoms with E-state index in [2.05, 4.69) is 16.8 Å². The minimum Gasteiger partial charge on any atom is -0.478 e. The van der Waals surface area contributed by atoms with Crippen LogP contribution in [-0.4, -0.2) is 49.2 Å². The van der Waals surface area contributed by atoms with E-state index in [1.54, 1.807) is 12.1 Å². The molecule has 0 bridgehead atoms. The third kappa shape index (κ3) is 3.86. The first kappa shape index (κ1) is 15.3. The van der Waals surface area contributed by atoms with Gasteiger partial charge in [0.15, 0.2) is 0 Å². The number of aromatic carboxylic acids is 1. The Morgan fingerprint density at radius 1 is 1.21 bits per heavy atom. The Morgan fingerprint density at radius 3 is 2.32 bits per heavy atom. The summed E-state index contributed by atoms with van der Waals surface area (Å²) < 4.78 is 0. The van der Waals surface area contributed by atoms with Crippen LogP contribution in [0.1, 0.15) is 24.2 Å². The van der Waals surface area contributed by atoms with E-state index in [9.17, 15) is 4.79 Å². The maximum absolute atomic E-state index is 10.9. The molecule has 0 atom stereocenters. The maximum atomic E-state index is 10.9. The second kappa shape index (κ2) is 6.99. The summed E-state index contributed by atoms with van der Waals surface area (Å²) in [5.41, 5.74) is 7.66. The summed E-state index contributed by atoms with van der Waals surface area (Å²) in [4.78, 5) is 15.3. The van der Waals surface area contributed by atoms with Gasteiger partial charge in [-0.25, -0.2) is 4.79 Å². The number of nitrogens with two attached hydrogens (primary N) is 1. The van der Waals surface area contributed by atoms with Crippen LogP contribution in [-0.2, 0) is 0 Å². The second-order valence-corrected chi connectivity index (χ2v) is 4.37. The first-order chi connectivity index (χ1) is 9.08. The fourth-order valence-electron chi connectivity index (χ4n) is 2.00. The van der Waals surface area contributed by atoms with Crippen LogP contribution in [0, 0.1) is 0 Å². The van der Waals surface area contributed by atoms with Crippen LogP contribution in [0.5, 0.6) is 0 Å². The first-order valence-corrected chi connectivity index (χ1v) is 6.64. The molecule has 1 aromatic carbocycles. The summed E-state index contributed by atoms with van der Waals surface area (Å²) in [5, 5.41) is 8.97. The molecule has 1 aliphatic rings. The van der Waals surface area contributed by atoms with E-state index in [0.717, 1.165) is 31.9 Å². The van der Waals surface area contributed by atoms with Crippen molar-refractivity contribution in [3.05, 3.63) is 23.8 Å². The highest BCUT2D eigenvalue weighted by atomic mass is 16.4. The zero-order valence-corrected chi connectivity index (χ0v) is 11.9. The fraction of sp³-hybridized carbons (Fsp3) is 0.500. The topological polar surface area (TPSA) is 69.8 Å². The Morgan fingerprint density at radius 2 is 1.79 bits per heavy atom. The van der Waals surface area contributed by atoms with E-state index in [0.29, 0.717) is 5.69 Å². The van der Waals surface area contributed by atoms with E-state index in [1.807, 2.05) is 13.8 Å². The molecule has 3 N–H and O–H groups in total. The van der Waals surface area contributed by atoms with Crippen molar-refractivity contribution in [1.29, 1.82) is 0 Å². The van der Waals surface area contributed by atoms with Crippen molar-refractivity contribution in [2.75, 3.05) is 43.9 Å². The molecule has 0 radical (unpaired) electrons. The lowest BCUT2D eigenvalue weighted by Crippen LogP contribution is -2.44. The van der Waals surface area contributed by atoms with Gasteiger partial charge in [0.1, 0.15) is 0 Å². The van der Waals surface area contributed by atoms with E-state index in [-0.39, 0.29) is 5.56 Å². The summed E-state index contributed by atoms with van der Waals surface area (Å²) in [7, 11) is 2.08. The molecule has 0 spiro atoms. The smallest absolute Gasteiger partial charge is 0.335 e. The van der Waals surface area contributed by atoms with Crippen LogP contribution < -0.4 is 10.6 Å². The Kier molecular flexibility index (Phi) is 5.63. The van der Waals surface area contributed by atoms with Gasteiger partial charge in [-0.3, -0.25) is 0 Å². The summed E-state index contributed by atoms with van der Waals surface area (Å²) in [6.07, 6.45) is 0. The molecule has 1 saturated heterocycles. The van der Waals surface area contributed by atoms with Crippen molar-refractivity contribution in [3.63, 3.8) is 0 Å². The number of anilines is 2. The van der Waals surface area contributed by atoms with Gasteiger partial charge in [-0.15, -0.1) is 0 Å². The molecule has 1 fully saturated rings. The molecule has 1 aromatic rings. The standard InChI is InChI=1S/C12H17N3O2.C2H6/c1-14-4-6-15(7-5-14)11-8-9(12(16)17)2-3-10(11)13;1-2/h2-3,8H,4-7,13H2,1H3,(H,16,17);1-2H3. The third-order valence-corrected chi connectivity index (χ3v) is 3.12. The molecule has 0 amide bonds. The highest BCUT2D eigenvalue weighted by Gasteiger charge is 2.17. The Balaban J connectivity index is 0.000000861. The minimum atomic E-state index is -0.916. The number of nitrogens with zero attached hydrogens (tertiary/aromatic N) is 2. The minimum absolute atomic E-state index is 0.285. The van der Waals surface area contributed by atoms with Gasteiger partial charge in [0.2, 0.25) is 0 Å². The number of benzene rings is 1. The molecule has 19 heavy (non-hydrogen) atoms. The molecule has 0 aliphatic carbocycles. The second-order valence-electron chi connectivity index (χ2n) is 4.37. The lowest BCUT2D eigenvalue weighted by Gasteiger charge is -2.34. The van der Waals surface area contributed by atoms with Crippen LogP contribution in [0.2, 0.25) is 0 Å². The lowest BCUT2D eigenvalue weighted by molar-refractivity contribution is 0.0697. The van der Waals surface area contributed by atoms with Gasteiger partial charge in [-0.05, 0) is 25.2 Å². The number of rotatable bonds is 2. The average molecular weight is 265 g/mol. The van der Waals surface area contributed by atoms with Crippen molar-refractivity contribution in [1.82, 2.24) is 4.90 Å². The average Bonchev–Trinajstić information content (AvgIpc) is 2.42. The Bertz CT molecular complexity index is 427. The van der Waals surface area contributed by atoms with Gasteiger partial charge in [0.25, 0.3) is 0 Å². The molecule has 0 aromatic heterocycles. The molecule has 2 rings (SSSR count). The highest BCUT2D eigenvalue weighted by Crippen LogP contribution is 2.25. The van der Waals surface area contributed by atoms with Gasteiger partial charge in [-0.1, -0.05) is 13.8 Å². The van der Waals surface area contributed by atoms with Crippen LogP contribution >= 0.6 is 0 Å². The van der Waals surface area contributed by atoms with Crippen LogP contribution in [0.25, 0.3) is 0 Å². The van der Waals surface area contributed by atoms with E-state index in [1.165, 1.54) is 6.07 Å². The first-order valence-electron chi connectivity index (χ1n) is 6.64. The number of piperazine rings is 1. The van der Waals surface area contributed by atoms with Crippen LogP contribution in [0.3, 0.4) is 0 Å². The molecular weight excluding hydrogens is 242 g/mol. The predicted molar refractivity (Wildman–Crippen MR) is 78.9 cm³/mol. The number of carboxylic acid groups (broad SMARTS) is 1. The quantitative estimate of drug-likeness (QED) is 0.797. The SMILES string of the molecule is CC.CN1CCN(c2cc(C(=O)O)ccc2N)CC1. The van der Waals surface area contributed by atoms with Crippen LogP contribution in [0.15, 0.2) is 18.2 Å². The van der Waals surface area contributed by atoms with Gasteiger partial charge in [-0.2, -0.15) is 0 Å². The summed E-state index contributed by atoms with van der Waals surface area (Å²) >= 11 is 0. The molecule has 5 heteroatoms. The molecule has 0 saturated carbocycles.